The number of carbonyl (C=O) groups excluding carboxylic acids is 1. The van der Waals surface area contributed by atoms with Gasteiger partial charge in [-0.3, -0.25) is 4.79 Å². The minimum Gasteiger partial charge on any atom is -0.477 e. The fourth-order valence-electron chi connectivity index (χ4n) is 2.70. The standard InChI is InChI=1S/C21H20ClNO5S2/c1-27-21(24)12-29-18-10-16-4-2-3-5-19(16)20(11-18)28-14-23-30(25,26)13-15-6-8-17(22)9-7-15/h2-11,23H,12-14H2,1H3. The topological polar surface area (TPSA) is 81.7 Å². The van der Waals surface area contributed by atoms with E-state index in [9.17, 15) is 13.2 Å². The molecule has 0 saturated carbocycles. The van der Waals surface area contributed by atoms with Gasteiger partial charge in [-0.2, -0.15) is 4.72 Å². The molecule has 0 amide bonds. The number of benzene rings is 3. The van der Waals surface area contributed by atoms with Crippen LogP contribution in [0, 0.1) is 0 Å². The molecule has 0 aliphatic heterocycles. The number of hydrogen-bond acceptors (Lipinski definition) is 6. The molecule has 0 unspecified atom stereocenters. The zero-order valence-electron chi connectivity index (χ0n) is 16.1. The maximum absolute atomic E-state index is 12.3. The Labute approximate surface area is 184 Å². The van der Waals surface area contributed by atoms with Crippen molar-refractivity contribution in [2.45, 2.75) is 10.6 Å². The lowest BCUT2D eigenvalue weighted by molar-refractivity contribution is -0.137. The highest BCUT2D eigenvalue weighted by Gasteiger charge is 2.13. The smallest absolute Gasteiger partial charge is 0.315 e. The van der Waals surface area contributed by atoms with E-state index in [-0.39, 0.29) is 24.2 Å². The minimum absolute atomic E-state index is 0.169. The van der Waals surface area contributed by atoms with E-state index in [2.05, 4.69) is 9.46 Å². The van der Waals surface area contributed by atoms with Crippen LogP contribution in [-0.4, -0.2) is 34.0 Å². The molecule has 3 rings (SSSR count). The summed E-state index contributed by atoms with van der Waals surface area (Å²) in [5.74, 6) is 0.186. The number of halogens is 1. The quantitative estimate of drug-likeness (QED) is 0.289. The Morgan fingerprint density at radius 2 is 1.83 bits per heavy atom. The number of methoxy groups -OCH3 is 1. The second-order valence-corrected chi connectivity index (χ2v) is 9.62. The van der Waals surface area contributed by atoms with Crippen LogP contribution >= 0.6 is 23.4 Å². The Hall–Kier alpha value is -2.26. The van der Waals surface area contributed by atoms with Gasteiger partial charge in [-0.1, -0.05) is 48.0 Å². The number of ether oxygens (including phenoxy) is 2. The van der Waals surface area contributed by atoms with Crippen LogP contribution in [0.1, 0.15) is 5.56 Å². The Bertz CT molecular complexity index is 1130. The lowest BCUT2D eigenvalue weighted by Gasteiger charge is -2.13. The molecule has 1 N–H and O–H groups in total. The van der Waals surface area contributed by atoms with Gasteiger partial charge in [0, 0.05) is 15.3 Å². The molecule has 158 valence electrons. The van der Waals surface area contributed by atoms with Gasteiger partial charge in [-0.05, 0) is 35.2 Å². The Morgan fingerprint density at radius 3 is 2.57 bits per heavy atom. The van der Waals surface area contributed by atoms with Gasteiger partial charge >= 0.3 is 5.97 Å². The van der Waals surface area contributed by atoms with Crippen molar-refractivity contribution in [3.05, 3.63) is 71.2 Å². The summed E-state index contributed by atoms with van der Waals surface area (Å²) in [6, 6.07) is 17.9. The average molecular weight is 466 g/mol. The molecule has 0 spiro atoms. The molecule has 3 aromatic rings. The Morgan fingerprint density at radius 1 is 1.10 bits per heavy atom. The molecule has 0 radical (unpaired) electrons. The van der Waals surface area contributed by atoms with Crippen LogP contribution in [0.25, 0.3) is 10.8 Å². The summed E-state index contributed by atoms with van der Waals surface area (Å²) >= 11 is 7.15. The molecule has 3 aromatic carbocycles. The molecule has 6 nitrogen and oxygen atoms in total. The molecule has 0 bridgehead atoms. The summed E-state index contributed by atoms with van der Waals surface area (Å²) in [7, 11) is -2.25. The first-order valence-corrected chi connectivity index (χ1v) is 11.9. The normalized spacial score (nSPS) is 11.4. The highest BCUT2D eigenvalue weighted by Crippen LogP contribution is 2.32. The Kier molecular flexibility index (Phi) is 7.60. The van der Waals surface area contributed by atoms with Crippen LogP contribution < -0.4 is 9.46 Å². The van der Waals surface area contributed by atoms with Gasteiger partial charge in [0.1, 0.15) is 5.75 Å². The molecule has 9 heteroatoms. The van der Waals surface area contributed by atoms with Crippen molar-refractivity contribution in [2.24, 2.45) is 0 Å². The number of fused-ring (bicyclic) bond motifs is 1. The lowest BCUT2D eigenvalue weighted by atomic mass is 10.1. The van der Waals surface area contributed by atoms with Crippen molar-refractivity contribution >= 4 is 50.1 Å². The highest BCUT2D eigenvalue weighted by molar-refractivity contribution is 8.00. The van der Waals surface area contributed by atoms with Gasteiger partial charge in [-0.15, -0.1) is 11.8 Å². The summed E-state index contributed by atoms with van der Waals surface area (Å²) in [6.07, 6.45) is 0. The van der Waals surface area contributed by atoms with Crippen molar-refractivity contribution in [2.75, 3.05) is 19.6 Å². The lowest BCUT2D eigenvalue weighted by Crippen LogP contribution is -2.29. The van der Waals surface area contributed by atoms with Gasteiger partial charge in [0.2, 0.25) is 10.0 Å². The van der Waals surface area contributed by atoms with Gasteiger partial charge in [0.05, 0.1) is 18.6 Å². The summed E-state index contributed by atoms with van der Waals surface area (Å²) in [4.78, 5) is 12.2. The fraction of sp³-hybridized carbons (Fsp3) is 0.190. The molecule has 0 aromatic heterocycles. The minimum atomic E-state index is -3.59. The maximum Gasteiger partial charge on any atom is 0.315 e. The van der Waals surface area contributed by atoms with Gasteiger partial charge in [0.25, 0.3) is 0 Å². The van der Waals surface area contributed by atoms with Crippen LogP contribution in [0.2, 0.25) is 5.02 Å². The van der Waals surface area contributed by atoms with Crippen LogP contribution in [0.4, 0.5) is 0 Å². The largest absolute Gasteiger partial charge is 0.477 e. The molecular weight excluding hydrogens is 446 g/mol. The van der Waals surface area contributed by atoms with Crippen molar-refractivity contribution < 1.29 is 22.7 Å². The van der Waals surface area contributed by atoms with E-state index in [4.69, 9.17) is 16.3 Å². The number of sulfonamides is 1. The van der Waals surface area contributed by atoms with Crippen LogP contribution in [0.15, 0.2) is 65.6 Å². The molecule has 0 aliphatic carbocycles. The van der Waals surface area contributed by atoms with E-state index < -0.39 is 10.0 Å². The molecular formula is C21H20ClNO5S2. The van der Waals surface area contributed by atoms with Crippen LogP contribution in [0.5, 0.6) is 5.75 Å². The SMILES string of the molecule is COC(=O)CSc1cc(OCNS(=O)(=O)Cc2ccc(Cl)cc2)c2ccccc2c1. The summed E-state index contributed by atoms with van der Waals surface area (Å²) < 4.78 is 37.5. The third-order valence-electron chi connectivity index (χ3n) is 4.16. The van der Waals surface area contributed by atoms with E-state index in [1.165, 1.54) is 18.9 Å². The van der Waals surface area contributed by atoms with E-state index in [0.29, 0.717) is 16.3 Å². The average Bonchev–Trinajstić information content (AvgIpc) is 2.73. The van der Waals surface area contributed by atoms with E-state index >= 15 is 0 Å². The monoisotopic (exact) mass is 465 g/mol. The number of esters is 1. The third-order valence-corrected chi connectivity index (χ3v) is 6.63. The van der Waals surface area contributed by atoms with Crippen molar-refractivity contribution in [1.82, 2.24) is 4.72 Å². The predicted molar refractivity (Wildman–Crippen MR) is 119 cm³/mol. The summed E-state index contributed by atoms with van der Waals surface area (Å²) in [6.45, 7) is -0.217. The van der Waals surface area contributed by atoms with E-state index in [1.54, 1.807) is 30.3 Å². The molecule has 0 saturated heterocycles. The zero-order chi connectivity index (χ0) is 21.6. The van der Waals surface area contributed by atoms with E-state index in [0.717, 1.165) is 15.7 Å². The molecule has 30 heavy (non-hydrogen) atoms. The third kappa shape index (κ3) is 6.37. The molecule has 0 atom stereocenters. The van der Waals surface area contributed by atoms with Crippen molar-refractivity contribution in [3.8, 4) is 5.75 Å². The number of carbonyl (C=O) groups is 1. The fourth-order valence-corrected chi connectivity index (χ4v) is 4.60. The van der Waals surface area contributed by atoms with Crippen LogP contribution in [0.3, 0.4) is 0 Å². The second-order valence-electron chi connectivity index (χ2n) is 6.33. The summed E-state index contributed by atoms with van der Waals surface area (Å²) in [5, 5.41) is 2.31. The van der Waals surface area contributed by atoms with Crippen molar-refractivity contribution in [1.29, 1.82) is 0 Å². The number of rotatable bonds is 9. The van der Waals surface area contributed by atoms with E-state index in [1.807, 2.05) is 30.3 Å². The maximum atomic E-state index is 12.3. The Balaban J connectivity index is 1.69. The van der Waals surface area contributed by atoms with Gasteiger partial charge in [0.15, 0.2) is 6.73 Å². The highest BCUT2D eigenvalue weighted by atomic mass is 35.5. The summed E-state index contributed by atoms with van der Waals surface area (Å²) in [5.41, 5.74) is 0.624. The van der Waals surface area contributed by atoms with Crippen molar-refractivity contribution in [3.63, 3.8) is 0 Å². The zero-order valence-corrected chi connectivity index (χ0v) is 18.5. The first-order chi connectivity index (χ1) is 14.4. The predicted octanol–water partition coefficient (Wildman–Crippen LogP) is 4.21. The van der Waals surface area contributed by atoms with Gasteiger partial charge < -0.3 is 9.47 Å². The first kappa shape index (κ1) is 22.4. The molecule has 0 heterocycles. The molecule has 0 fully saturated rings. The number of thioether (sulfide) groups is 1. The van der Waals surface area contributed by atoms with Gasteiger partial charge in [-0.25, -0.2) is 8.42 Å². The first-order valence-electron chi connectivity index (χ1n) is 8.93. The number of nitrogens with one attached hydrogen (secondary N) is 1. The molecule has 0 aliphatic rings. The number of hydrogen-bond donors (Lipinski definition) is 1. The van der Waals surface area contributed by atoms with Crippen LogP contribution in [-0.2, 0) is 25.3 Å². The second kappa shape index (κ2) is 10.2.